The molecule has 0 aliphatic carbocycles. The number of methoxy groups -OCH3 is 1. The SMILES string of the molecule is COc1cc(Br)cc(NC2CCNC2)c1. The third-order valence-corrected chi connectivity index (χ3v) is 3.00. The Morgan fingerprint density at radius 3 is 3.00 bits per heavy atom. The van der Waals surface area contributed by atoms with Crippen LogP contribution in [0.15, 0.2) is 22.7 Å². The summed E-state index contributed by atoms with van der Waals surface area (Å²) in [5.41, 5.74) is 1.11. The molecule has 2 rings (SSSR count). The van der Waals surface area contributed by atoms with Gasteiger partial charge in [0, 0.05) is 28.8 Å². The molecule has 2 N–H and O–H groups in total. The summed E-state index contributed by atoms with van der Waals surface area (Å²) in [6.07, 6.45) is 1.18. The van der Waals surface area contributed by atoms with Gasteiger partial charge >= 0.3 is 0 Å². The van der Waals surface area contributed by atoms with Gasteiger partial charge in [0.2, 0.25) is 0 Å². The average Bonchev–Trinajstić information content (AvgIpc) is 2.69. The Morgan fingerprint density at radius 1 is 1.47 bits per heavy atom. The molecule has 0 spiro atoms. The Hall–Kier alpha value is -0.740. The quantitative estimate of drug-likeness (QED) is 0.884. The lowest BCUT2D eigenvalue weighted by Crippen LogP contribution is -2.22. The zero-order chi connectivity index (χ0) is 10.7. The lowest BCUT2D eigenvalue weighted by atomic mass is 10.2. The molecule has 1 unspecified atom stereocenters. The first-order valence-corrected chi connectivity index (χ1v) is 5.89. The molecule has 0 radical (unpaired) electrons. The highest BCUT2D eigenvalue weighted by Crippen LogP contribution is 2.25. The van der Waals surface area contributed by atoms with Crippen molar-refractivity contribution in [2.75, 3.05) is 25.5 Å². The summed E-state index contributed by atoms with van der Waals surface area (Å²) in [4.78, 5) is 0. The van der Waals surface area contributed by atoms with E-state index >= 15 is 0 Å². The number of anilines is 1. The first kappa shape index (κ1) is 10.8. The molecule has 82 valence electrons. The number of hydrogen-bond donors (Lipinski definition) is 2. The van der Waals surface area contributed by atoms with E-state index in [1.54, 1.807) is 7.11 Å². The summed E-state index contributed by atoms with van der Waals surface area (Å²) in [5.74, 6) is 0.873. The van der Waals surface area contributed by atoms with Crippen LogP contribution in [0, 0.1) is 0 Å². The fourth-order valence-corrected chi connectivity index (χ4v) is 2.25. The Kier molecular flexibility index (Phi) is 3.49. The normalized spacial score (nSPS) is 20.3. The van der Waals surface area contributed by atoms with E-state index in [0.717, 1.165) is 29.0 Å². The van der Waals surface area contributed by atoms with Crippen molar-refractivity contribution in [1.29, 1.82) is 0 Å². The smallest absolute Gasteiger partial charge is 0.122 e. The molecule has 15 heavy (non-hydrogen) atoms. The largest absolute Gasteiger partial charge is 0.497 e. The number of benzene rings is 1. The van der Waals surface area contributed by atoms with Gasteiger partial charge in [0.15, 0.2) is 0 Å². The van der Waals surface area contributed by atoms with Crippen LogP contribution in [0.5, 0.6) is 5.75 Å². The summed E-state index contributed by atoms with van der Waals surface area (Å²) in [6, 6.07) is 6.58. The highest BCUT2D eigenvalue weighted by Gasteiger charge is 2.14. The second-order valence-electron chi connectivity index (χ2n) is 3.71. The fraction of sp³-hybridized carbons (Fsp3) is 0.455. The number of hydrogen-bond acceptors (Lipinski definition) is 3. The van der Waals surface area contributed by atoms with Crippen LogP contribution in [-0.4, -0.2) is 26.2 Å². The standard InChI is InChI=1S/C11H15BrN2O/c1-15-11-5-8(12)4-10(6-11)14-9-2-3-13-7-9/h4-6,9,13-14H,2-3,7H2,1H3. The predicted molar refractivity (Wildman–Crippen MR) is 65.6 cm³/mol. The molecule has 0 amide bonds. The van der Waals surface area contributed by atoms with Gasteiger partial charge in [0.1, 0.15) is 5.75 Å². The zero-order valence-corrected chi connectivity index (χ0v) is 10.3. The number of ether oxygens (including phenoxy) is 1. The van der Waals surface area contributed by atoms with Gasteiger partial charge in [-0.15, -0.1) is 0 Å². The molecule has 1 aliphatic heterocycles. The van der Waals surface area contributed by atoms with Crippen molar-refractivity contribution < 1.29 is 4.74 Å². The molecule has 1 atom stereocenters. The molecule has 0 bridgehead atoms. The predicted octanol–water partition coefficient (Wildman–Crippen LogP) is 2.23. The van der Waals surface area contributed by atoms with E-state index in [-0.39, 0.29) is 0 Å². The van der Waals surface area contributed by atoms with Crippen LogP contribution in [0.3, 0.4) is 0 Å². The summed E-state index contributed by atoms with van der Waals surface area (Å²) < 4.78 is 6.25. The van der Waals surface area contributed by atoms with Crippen LogP contribution in [0.25, 0.3) is 0 Å². The highest BCUT2D eigenvalue weighted by atomic mass is 79.9. The molecule has 1 aromatic rings. The van der Waals surface area contributed by atoms with E-state index < -0.39 is 0 Å². The molecule has 4 heteroatoms. The summed E-state index contributed by atoms with van der Waals surface area (Å²) in [5, 5.41) is 6.81. The minimum absolute atomic E-state index is 0.531. The van der Waals surface area contributed by atoms with Crippen LogP contribution in [-0.2, 0) is 0 Å². The number of halogens is 1. The van der Waals surface area contributed by atoms with Gasteiger partial charge in [-0.05, 0) is 25.1 Å². The molecule has 3 nitrogen and oxygen atoms in total. The van der Waals surface area contributed by atoms with Gasteiger partial charge in [-0.2, -0.15) is 0 Å². The maximum Gasteiger partial charge on any atom is 0.122 e. The second-order valence-corrected chi connectivity index (χ2v) is 4.63. The van der Waals surface area contributed by atoms with Crippen molar-refractivity contribution >= 4 is 21.6 Å². The van der Waals surface area contributed by atoms with Crippen molar-refractivity contribution in [2.45, 2.75) is 12.5 Å². The van der Waals surface area contributed by atoms with Gasteiger partial charge in [-0.25, -0.2) is 0 Å². The van der Waals surface area contributed by atoms with Crippen LogP contribution in [0.4, 0.5) is 5.69 Å². The number of nitrogens with one attached hydrogen (secondary N) is 2. The monoisotopic (exact) mass is 270 g/mol. The fourth-order valence-electron chi connectivity index (χ4n) is 1.78. The lowest BCUT2D eigenvalue weighted by Gasteiger charge is -2.14. The third kappa shape index (κ3) is 2.86. The van der Waals surface area contributed by atoms with Crippen molar-refractivity contribution in [3.63, 3.8) is 0 Å². The first-order chi connectivity index (χ1) is 7.28. The van der Waals surface area contributed by atoms with E-state index in [1.165, 1.54) is 6.42 Å². The minimum Gasteiger partial charge on any atom is -0.497 e. The molecule has 0 saturated carbocycles. The van der Waals surface area contributed by atoms with E-state index in [4.69, 9.17) is 4.74 Å². The molecule has 1 fully saturated rings. The third-order valence-electron chi connectivity index (χ3n) is 2.54. The molecule has 1 aromatic carbocycles. The molecule has 1 saturated heterocycles. The summed E-state index contributed by atoms with van der Waals surface area (Å²) in [7, 11) is 1.68. The van der Waals surface area contributed by atoms with Crippen LogP contribution in [0.1, 0.15) is 6.42 Å². The molecule has 1 aliphatic rings. The maximum atomic E-state index is 5.21. The maximum absolute atomic E-state index is 5.21. The van der Waals surface area contributed by atoms with E-state index in [2.05, 4.69) is 32.6 Å². The van der Waals surface area contributed by atoms with Crippen molar-refractivity contribution in [2.24, 2.45) is 0 Å². The van der Waals surface area contributed by atoms with Gasteiger partial charge in [0.05, 0.1) is 7.11 Å². The summed E-state index contributed by atoms with van der Waals surface area (Å²) in [6.45, 7) is 2.14. The second kappa shape index (κ2) is 4.86. The van der Waals surface area contributed by atoms with Gasteiger partial charge in [-0.3, -0.25) is 0 Å². The topological polar surface area (TPSA) is 33.3 Å². The van der Waals surface area contributed by atoms with E-state index in [0.29, 0.717) is 6.04 Å². The van der Waals surface area contributed by atoms with E-state index in [1.807, 2.05) is 12.1 Å². The van der Waals surface area contributed by atoms with E-state index in [9.17, 15) is 0 Å². The van der Waals surface area contributed by atoms with Gasteiger partial charge in [0.25, 0.3) is 0 Å². The first-order valence-electron chi connectivity index (χ1n) is 5.10. The zero-order valence-electron chi connectivity index (χ0n) is 8.72. The lowest BCUT2D eigenvalue weighted by molar-refractivity contribution is 0.414. The van der Waals surface area contributed by atoms with Crippen molar-refractivity contribution in [1.82, 2.24) is 5.32 Å². The number of rotatable bonds is 3. The Bertz CT molecular complexity index is 337. The van der Waals surface area contributed by atoms with Crippen LogP contribution < -0.4 is 15.4 Å². The molecule has 1 heterocycles. The Labute approximate surface area is 98.3 Å². The van der Waals surface area contributed by atoms with Crippen LogP contribution >= 0.6 is 15.9 Å². The minimum atomic E-state index is 0.531. The Morgan fingerprint density at radius 2 is 2.33 bits per heavy atom. The van der Waals surface area contributed by atoms with Gasteiger partial charge < -0.3 is 15.4 Å². The molecular formula is C11H15BrN2O. The van der Waals surface area contributed by atoms with Crippen LogP contribution in [0.2, 0.25) is 0 Å². The van der Waals surface area contributed by atoms with Gasteiger partial charge in [-0.1, -0.05) is 15.9 Å². The highest BCUT2D eigenvalue weighted by molar-refractivity contribution is 9.10. The van der Waals surface area contributed by atoms with Crippen molar-refractivity contribution in [3.05, 3.63) is 22.7 Å². The molecular weight excluding hydrogens is 256 g/mol. The van der Waals surface area contributed by atoms with Crippen molar-refractivity contribution in [3.8, 4) is 5.75 Å². The summed E-state index contributed by atoms with van der Waals surface area (Å²) >= 11 is 3.47. The Balaban J connectivity index is 2.09. The average molecular weight is 271 g/mol. The molecule has 0 aromatic heterocycles.